The van der Waals surface area contributed by atoms with Crippen LogP contribution in [0.2, 0.25) is 0 Å². The van der Waals surface area contributed by atoms with Gasteiger partial charge in [-0.2, -0.15) is 0 Å². The number of hydrogen-bond acceptors (Lipinski definition) is 3. The zero-order valence-corrected chi connectivity index (χ0v) is 13.0. The summed E-state index contributed by atoms with van der Waals surface area (Å²) in [4.78, 5) is 26.4. The van der Waals surface area contributed by atoms with E-state index in [0.29, 0.717) is 13.0 Å². The van der Waals surface area contributed by atoms with E-state index >= 15 is 0 Å². The minimum absolute atomic E-state index is 0.0961. The van der Waals surface area contributed by atoms with Crippen molar-refractivity contribution in [1.29, 1.82) is 0 Å². The van der Waals surface area contributed by atoms with Crippen LogP contribution in [-0.2, 0) is 4.79 Å². The number of pyridine rings is 1. The number of nitrogens with one attached hydrogen (secondary N) is 2. The molecule has 1 aromatic heterocycles. The molecule has 1 heterocycles. The van der Waals surface area contributed by atoms with Crippen molar-refractivity contribution in [3.05, 3.63) is 27.1 Å². The van der Waals surface area contributed by atoms with Gasteiger partial charge in [-0.15, -0.1) is 0 Å². The van der Waals surface area contributed by atoms with Crippen LogP contribution in [0.25, 0.3) is 0 Å². The summed E-state index contributed by atoms with van der Waals surface area (Å²) in [6.07, 6.45) is 7.38. The molecule has 4 N–H and O–H groups in total. The first-order chi connectivity index (χ1) is 9.54. The Labute approximate surface area is 126 Å². The molecule has 5 nitrogen and oxygen atoms in total. The lowest BCUT2D eigenvalue weighted by molar-refractivity contribution is -0.118. The van der Waals surface area contributed by atoms with Gasteiger partial charge in [-0.3, -0.25) is 9.59 Å². The predicted octanol–water partition coefficient (Wildman–Crippen LogP) is 2.38. The third-order valence-corrected chi connectivity index (χ3v) is 4.48. The smallest absolute Gasteiger partial charge is 0.271 e. The van der Waals surface area contributed by atoms with E-state index in [-0.39, 0.29) is 22.6 Å². The largest absolute Gasteiger partial charge is 0.330 e. The summed E-state index contributed by atoms with van der Waals surface area (Å²) in [5.74, 6) is -0.138. The Hall–Kier alpha value is -1.14. The van der Waals surface area contributed by atoms with Crippen molar-refractivity contribution in [2.75, 3.05) is 11.9 Å². The minimum atomic E-state index is -0.299. The predicted molar refractivity (Wildman–Crippen MR) is 82.6 cm³/mol. The van der Waals surface area contributed by atoms with Crippen LogP contribution in [0.15, 0.2) is 21.5 Å². The molecule has 0 radical (unpaired) electrons. The van der Waals surface area contributed by atoms with Gasteiger partial charge in [0.1, 0.15) is 5.69 Å². The summed E-state index contributed by atoms with van der Waals surface area (Å²) in [6.45, 7) is 0.523. The van der Waals surface area contributed by atoms with Gasteiger partial charge in [0, 0.05) is 17.1 Å². The molecule has 0 aliphatic heterocycles. The van der Waals surface area contributed by atoms with Gasteiger partial charge >= 0.3 is 0 Å². The highest BCUT2D eigenvalue weighted by Gasteiger charge is 2.33. The number of halogens is 1. The molecule has 1 aliphatic rings. The normalized spacial score (nSPS) is 17.7. The van der Waals surface area contributed by atoms with Gasteiger partial charge in [0.15, 0.2) is 0 Å². The number of nitrogens with two attached hydrogens (primary N) is 1. The third-order valence-electron chi connectivity index (χ3n) is 4.02. The molecule has 0 saturated heterocycles. The molecule has 1 saturated carbocycles. The third kappa shape index (κ3) is 3.70. The van der Waals surface area contributed by atoms with Gasteiger partial charge < -0.3 is 16.0 Å². The Morgan fingerprint density at radius 3 is 2.75 bits per heavy atom. The SMILES string of the molecule is NCC1(CC(=O)Nc2cc(Br)c[nH]c2=O)CCCCC1. The highest BCUT2D eigenvalue weighted by atomic mass is 79.9. The first-order valence-electron chi connectivity index (χ1n) is 6.93. The van der Waals surface area contributed by atoms with Crippen molar-refractivity contribution in [3.63, 3.8) is 0 Å². The highest BCUT2D eigenvalue weighted by molar-refractivity contribution is 9.10. The summed E-state index contributed by atoms with van der Waals surface area (Å²) in [5, 5.41) is 2.69. The lowest BCUT2D eigenvalue weighted by Gasteiger charge is -2.35. The quantitative estimate of drug-likeness (QED) is 0.785. The van der Waals surface area contributed by atoms with E-state index in [9.17, 15) is 9.59 Å². The van der Waals surface area contributed by atoms with E-state index in [2.05, 4.69) is 26.2 Å². The number of anilines is 1. The zero-order chi connectivity index (χ0) is 14.6. The molecule has 1 fully saturated rings. The molecule has 0 bridgehead atoms. The zero-order valence-electron chi connectivity index (χ0n) is 11.4. The molecule has 6 heteroatoms. The maximum absolute atomic E-state index is 12.2. The maximum atomic E-state index is 12.2. The average molecular weight is 342 g/mol. The van der Waals surface area contributed by atoms with Crippen LogP contribution >= 0.6 is 15.9 Å². The summed E-state index contributed by atoms with van der Waals surface area (Å²) in [7, 11) is 0. The van der Waals surface area contributed by atoms with Crippen molar-refractivity contribution in [2.24, 2.45) is 11.1 Å². The van der Waals surface area contributed by atoms with E-state index in [1.54, 1.807) is 12.3 Å². The second-order valence-corrected chi connectivity index (χ2v) is 6.47. The van der Waals surface area contributed by atoms with E-state index in [1.807, 2.05) is 0 Å². The van der Waals surface area contributed by atoms with Crippen molar-refractivity contribution < 1.29 is 4.79 Å². The van der Waals surface area contributed by atoms with E-state index < -0.39 is 0 Å². The van der Waals surface area contributed by atoms with Crippen LogP contribution in [0.1, 0.15) is 38.5 Å². The van der Waals surface area contributed by atoms with Gasteiger partial charge in [-0.25, -0.2) is 0 Å². The number of hydrogen-bond donors (Lipinski definition) is 3. The van der Waals surface area contributed by atoms with Crippen molar-refractivity contribution in [1.82, 2.24) is 4.98 Å². The Morgan fingerprint density at radius 1 is 1.40 bits per heavy atom. The minimum Gasteiger partial charge on any atom is -0.330 e. The molecule has 1 aliphatic carbocycles. The van der Waals surface area contributed by atoms with E-state index in [4.69, 9.17) is 5.73 Å². The van der Waals surface area contributed by atoms with Gasteiger partial charge in [0.25, 0.3) is 5.56 Å². The van der Waals surface area contributed by atoms with E-state index in [0.717, 1.165) is 30.2 Å². The van der Waals surface area contributed by atoms with Crippen molar-refractivity contribution in [2.45, 2.75) is 38.5 Å². The summed E-state index contributed by atoms with van der Waals surface area (Å²) >= 11 is 3.27. The summed E-state index contributed by atoms with van der Waals surface area (Å²) < 4.78 is 0.721. The average Bonchev–Trinajstić information content (AvgIpc) is 2.44. The van der Waals surface area contributed by atoms with Gasteiger partial charge in [0.05, 0.1) is 0 Å². The molecular weight excluding hydrogens is 322 g/mol. The number of rotatable bonds is 4. The van der Waals surface area contributed by atoms with Crippen molar-refractivity contribution >= 4 is 27.5 Å². The molecule has 0 atom stereocenters. The molecule has 110 valence electrons. The monoisotopic (exact) mass is 341 g/mol. The van der Waals surface area contributed by atoms with Gasteiger partial charge in [-0.1, -0.05) is 19.3 Å². The van der Waals surface area contributed by atoms with Crippen LogP contribution in [0.5, 0.6) is 0 Å². The Bertz CT molecular complexity index is 535. The van der Waals surface area contributed by atoms with Crippen LogP contribution in [0.3, 0.4) is 0 Å². The Balaban J connectivity index is 2.04. The Kier molecular flexibility index (Phi) is 4.99. The number of aromatic amines is 1. The topological polar surface area (TPSA) is 88.0 Å². The fourth-order valence-electron chi connectivity index (χ4n) is 2.84. The number of H-pyrrole nitrogens is 1. The van der Waals surface area contributed by atoms with Gasteiger partial charge in [0.2, 0.25) is 5.91 Å². The lowest BCUT2D eigenvalue weighted by Crippen LogP contribution is -2.37. The maximum Gasteiger partial charge on any atom is 0.271 e. The van der Waals surface area contributed by atoms with Crippen LogP contribution in [0.4, 0.5) is 5.69 Å². The first-order valence-corrected chi connectivity index (χ1v) is 7.72. The summed E-state index contributed by atoms with van der Waals surface area (Å²) in [6, 6.07) is 1.60. The molecule has 0 unspecified atom stereocenters. The molecule has 1 aromatic rings. The molecule has 0 aromatic carbocycles. The number of aromatic nitrogens is 1. The number of carbonyl (C=O) groups excluding carboxylic acids is 1. The van der Waals surface area contributed by atoms with Gasteiger partial charge in [-0.05, 0) is 46.8 Å². The van der Waals surface area contributed by atoms with Crippen LogP contribution in [-0.4, -0.2) is 17.4 Å². The molecule has 20 heavy (non-hydrogen) atoms. The Morgan fingerprint density at radius 2 is 2.10 bits per heavy atom. The number of amides is 1. The molecular formula is C14H20BrN3O2. The van der Waals surface area contributed by atoms with Crippen molar-refractivity contribution in [3.8, 4) is 0 Å². The molecule has 0 spiro atoms. The van der Waals surface area contributed by atoms with Crippen LogP contribution < -0.4 is 16.6 Å². The fraction of sp³-hybridized carbons (Fsp3) is 0.571. The molecule has 1 amide bonds. The second-order valence-electron chi connectivity index (χ2n) is 5.55. The molecule has 2 rings (SSSR count). The lowest BCUT2D eigenvalue weighted by atomic mass is 9.71. The van der Waals surface area contributed by atoms with E-state index in [1.165, 1.54) is 6.42 Å². The first kappa shape index (κ1) is 15.3. The standard InChI is InChI=1S/C14H20BrN3O2/c15-10-6-11(13(20)17-8-10)18-12(19)7-14(9-16)4-2-1-3-5-14/h6,8H,1-5,7,9,16H2,(H,17,20)(H,18,19). The second kappa shape index (κ2) is 6.54. The summed E-state index contributed by atoms with van der Waals surface area (Å²) in [5.41, 5.74) is 5.75. The number of carbonyl (C=O) groups is 1. The van der Waals surface area contributed by atoms with Crippen LogP contribution in [0, 0.1) is 5.41 Å². The highest BCUT2D eigenvalue weighted by Crippen LogP contribution is 2.38. The fourth-order valence-corrected chi connectivity index (χ4v) is 3.18.